The number of hydrogen-bond donors (Lipinski definition) is 1. The van der Waals surface area contributed by atoms with E-state index in [0.717, 1.165) is 30.6 Å². The largest absolute Gasteiger partial charge is 0.355 e. The summed E-state index contributed by atoms with van der Waals surface area (Å²) in [6.45, 7) is 3.83. The van der Waals surface area contributed by atoms with Crippen LogP contribution in [-0.4, -0.2) is 27.9 Å². The van der Waals surface area contributed by atoms with Crippen LogP contribution in [0, 0.1) is 6.92 Å². The predicted octanol–water partition coefficient (Wildman–Crippen LogP) is 2.01. The van der Waals surface area contributed by atoms with E-state index in [1.165, 1.54) is 24.0 Å². The van der Waals surface area contributed by atoms with Crippen LogP contribution < -0.4 is 10.2 Å². The third-order valence-corrected chi connectivity index (χ3v) is 3.91. The molecule has 0 atom stereocenters. The second-order valence-electron chi connectivity index (χ2n) is 5.95. The lowest BCUT2D eigenvalue weighted by molar-refractivity contribution is 0.682. The smallest absolute Gasteiger partial charge is 0.128 e. The van der Waals surface area contributed by atoms with Gasteiger partial charge in [-0.15, -0.1) is 0 Å². The first-order valence-electron chi connectivity index (χ1n) is 7.50. The molecule has 0 amide bonds. The molecular weight excluding hydrogens is 262 g/mol. The average molecular weight is 285 g/mol. The third-order valence-electron chi connectivity index (χ3n) is 3.91. The lowest BCUT2D eigenvalue weighted by Crippen LogP contribution is -2.19. The monoisotopic (exact) mass is 285 g/mol. The van der Waals surface area contributed by atoms with E-state index >= 15 is 0 Å². The standard InChI is InChI=1S/C16H23N5/c1-12-14(9-17-15-5-6-15)4-7-16(19-12)20(2)10-13-8-18-21(3)11-13/h4,7-8,11,15,17H,5-6,9-10H2,1-3H3. The summed E-state index contributed by atoms with van der Waals surface area (Å²) < 4.78 is 1.83. The summed E-state index contributed by atoms with van der Waals surface area (Å²) in [7, 11) is 4.00. The van der Waals surface area contributed by atoms with Crippen LogP contribution in [0.3, 0.4) is 0 Å². The second-order valence-corrected chi connectivity index (χ2v) is 5.95. The van der Waals surface area contributed by atoms with Gasteiger partial charge in [-0.05, 0) is 31.4 Å². The molecule has 0 spiro atoms. The molecule has 0 unspecified atom stereocenters. The Hall–Kier alpha value is -1.88. The highest BCUT2D eigenvalue weighted by molar-refractivity contribution is 5.41. The summed E-state index contributed by atoms with van der Waals surface area (Å²) >= 11 is 0. The Morgan fingerprint density at radius 1 is 1.38 bits per heavy atom. The Morgan fingerprint density at radius 2 is 2.19 bits per heavy atom. The predicted molar refractivity (Wildman–Crippen MR) is 84.2 cm³/mol. The first kappa shape index (κ1) is 14.1. The second kappa shape index (κ2) is 5.85. The molecule has 2 aromatic heterocycles. The van der Waals surface area contributed by atoms with E-state index in [1.807, 2.05) is 24.1 Å². The molecule has 0 aliphatic heterocycles. The SMILES string of the molecule is Cc1nc(N(C)Cc2cnn(C)c2)ccc1CNC1CC1. The molecule has 3 rings (SSSR count). The van der Waals surface area contributed by atoms with Gasteiger partial charge in [0.2, 0.25) is 0 Å². The van der Waals surface area contributed by atoms with Crippen LogP contribution in [0.25, 0.3) is 0 Å². The summed E-state index contributed by atoms with van der Waals surface area (Å²) in [6.07, 6.45) is 6.57. The van der Waals surface area contributed by atoms with Gasteiger partial charge in [0.1, 0.15) is 5.82 Å². The van der Waals surface area contributed by atoms with E-state index in [2.05, 4.69) is 41.4 Å². The van der Waals surface area contributed by atoms with Crippen LogP contribution in [-0.2, 0) is 20.1 Å². The van der Waals surface area contributed by atoms with Crippen molar-refractivity contribution in [2.24, 2.45) is 7.05 Å². The number of aryl methyl sites for hydroxylation is 2. The van der Waals surface area contributed by atoms with Crippen molar-refractivity contribution >= 4 is 5.82 Å². The van der Waals surface area contributed by atoms with Crippen LogP contribution >= 0.6 is 0 Å². The van der Waals surface area contributed by atoms with Gasteiger partial charge in [-0.3, -0.25) is 4.68 Å². The molecule has 1 aliphatic carbocycles. The van der Waals surface area contributed by atoms with Gasteiger partial charge in [0.15, 0.2) is 0 Å². The van der Waals surface area contributed by atoms with Crippen LogP contribution in [0.15, 0.2) is 24.5 Å². The van der Waals surface area contributed by atoms with Crippen molar-refractivity contribution < 1.29 is 0 Å². The quantitative estimate of drug-likeness (QED) is 0.882. The van der Waals surface area contributed by atoms with Crippen LogP contribution in [0.2, 0.25) is 0 Å². The molecule has 2 aromatic rings. The molecular formula is C16H23N5. The van der Waals surface area contributed by atoms with E-state index in [-0.39, 0.29) is 0 Å². The zero-order valence-corrected chi connectivity index (χ0v) is 13.0. The van der Waals surface area contributed by atoms with Gasteiger partial charge in [0.05, 0.1) is 6.20 Å². The molecule has 0 saturated heterocycles. The van der Waals surface area contributed by atoms with Gasteiger partial charge in [0, 0.05) is 50.7 Å². The first-order valence-corrected chi connectivity index (χ1v) is 7.50. The van der Waals surface area contributed by atoms with Gasteiger partial charge in [-0.1, -0.05) is 6.07 Å². The summed E-state index contributed by atoms with van der Waals surface area (Å²) in [4.78, 5) is 6.89. The Kier molecular flexibility index (Phi) is 3.92. The van der Waals surface area contributed by atoms with Crippen molar-refractivity contribution in [3.63, 3.8) is 0 Å². The third kappa shape index (κ3) is 3.61. The fourth-order valence-corrected chi connectivity index (χ4v) is 2.43. The van der Waals surface area contributed by atoms with E-state index in [0.29, 0.717) is 0 Å². The molecule has 112 valence electrons. The number of rotatable bonds is 6. The molecule has 1 saturated carbocycles. The van der Waals surface area contributed by atoms with Crippen molar-refractivity contribution in [2.75, 3.05) is 11.9 Å². The van der Waals surface area contributed by atoms with Crippen molar-refractivity contribution in [1.29, 1.82) is 0 Å². The minimum Gasteiger partial charge on any atom is -0.355 e. The van der Waals surface area contributed by atoms with Gasteiger partial charge >= 0.3 is 0 Å². The minimum atomic E-state index is 0.734. The number of nitrogens with zero attached hydrogens (tertiary/aromatic N) is 4. The highest BCUT2D eigenvalue weighted by atomic mass is 15.2. The maximum atomic E-state index is 4.73. The first-order chi connectivity index (χ1) is 10.1. The van der Waals surface area contributed by atoms with E-state index in [9.17, 15) is 0 Å². The number of hydrogen-bond acceptors (Lipinski definition) is 4. The highest BCUT2D eigenvalue weighted by Gasteiger charge is 2.20. The van der Waals surface area contributed by atoms with Gasteiger partial charge in [-0.25, -0.2) is 4.98 Å². The Balaban J connectivity index is 1.65. The molecule has 2 heterocycles. The van der Waals surface area contributed by atoms with Crippen LogP contribution in [0.5, 0.6) is 0 Å². The van der Waals surface area contributed by atoms with E-state index in [4.69, 9.17) is 4.98 Å². The maximum absolute atomic E-state index is 4.73. The fourth-order valence-electron chi connectivity index (χ4n) is 2.43. The molecule has 0 aromatic carbocycles. The number of aromatic nitrogens is 3. The molecule has 1 N–H and O–H groups in total. The lowest BCUT2D eigenvalue weighted by Gasteiger charge is -2.18. The normalized spacial score (nSPS) is 14.4. The number of nitrogens with one attached hydrogen (secondary N) is 1. The highest BCUT2D eigenvalue weighted by Crippen LogP contribution is 2.20. The van der Waals surface area contributed by atoms with Crippen molar-refractivity contribution in [3.8, 4) is 0 Å². The molecule has 1 aliphatic rings. The Labute approximate surface area is 126 Å². The average Bonchev–Trinajstić information content (AvgIpc) is 3.20. The molecule has 1 fully saturated rings. The lowest BCUT2D eigenvalue weighted by atomic mass is 10.2. The zero-order valence-electron chi connectivity index (χ0n) is 13.0. The van der Waals surface area contributed by atoms with Gasteiger partial charge in [0.25, 0.3) is 0 Å². The summed E-state index contributed by atoms with van der Waals surface area (Å²) in [5, 5.41) is 7.74. The van der Waals surface area contributed by atoms with E-state index in [1.54, 1.807) is 0 Å². The zero-order chi connectivity index (χ0) is 14.8. The minimum absolute atomic E-state index is 0.734. The maximum Gasteiger partial charge on any atom is 0.128 e. The molecule has 5 heteroatoms. The summed E-state index contributed by atoms with van der Waals surface area (Å²) in [5.74, 6) is 1.01. The summed E-state index contributed by atoms with van der Waals surface area (Å²) in [5.41, 5.74) is 3.60. The number of pyridine rings is 1. The Morgan fingerprint density at radius 3 is 2.81 bits per heavy atom. The van der Waals surface area contributed by atoms with Crippen molar-refractivity contribution in [1.82, 2.24) is 20.1 Å². The van der Waals surface area contributed by atoms with E-state index < -0.39 is 0 Å². The molecule has 0 radical (unpaired) electrons. The van der Waals surface area contributed by atoms with Crippen LogP contribution in [0.4, 0.5) is 5.82 Å². The molecule has 21 heavy (non-hydrogen) atoms. The topological polar surface area (TPSA) is 46.0 Å². The van der Waals surface area contributed by atoms with Crippen LogP contribution in [0.1, 0.15) is 29.7 Å². The Bertz CT molecular complexity index is 615. The van der Waals surface area contributed by atoms with Crippen molar-refractivity contribution in [3.05, 3.63) is 41.3 Å². The fraction of sp³-hybridized carbons (Fsp3) is 0.500. The summed E-state index contributed by atoms with van der Waals surface area (Å²) in [6, 6.07) is 5.03. The van der Waals surface area contributed by atoms with Crippen molar-refractivity contribution in [2.45, 2.75) is 38.9 Å². The van der Waals surface area contributed by atoms with Gasteiger partial charge in [-0.2, -0.15) is 5.10 Å². The molecule has 0 bridgehead atoms. The number of anilines is 1. The van der Waals surface area contributed by atoms with Gasteiger partial charge < -0.3 is 10.2 Å². The molecule has 5 nitrogen and oxygen atoms in total.